The zero-order valence-electron chi connectivity index (χ0n) is 10.4. The van der Waals surface area contributed by atoms with Crippen molar-refractivity contribution in [3.05, 3.63) is 0 Å². The van der Waals surface area contributed by atoms with Gasteiger partial charge >= 0.3 is 0 Å². The molecule has 0 radical (unpaired) electrons. The van der Waals surface area contributed by atoms with Crippen LogP contribution in [0, 0.1) is 5.41 Å². The first-order valence-corrected chi connectivity index (χ1v) is 7.53. The van der Waals surface area contributed by atoms with Crippen LogP contribution >= 0.6 is 11.8 Å². The molecule has 1 atom stereocenters. The summed E-state index contributed by atoms with van der Waals surface area (Å²) in [5.74, 6) is 2.35. The number of aliphatic hydroxyl groups is 1. The van der Waals surface area contributed by atoms with Gasteiger partial charge in [0.05, 0.1) is 12.6 Å². The first-order chi connectivity index (χ1) is 8.17. The third-order valence-electron chi connectivity index (χ3n) is 3.90. The van der Waals surface area contributed by atoms with Gasteiger partial charge < -0.3 is 10.4 Å². The van der Waals surface area contributed by atoms with E-state index in [1.807, 2.05) is 18.7 Å². The Morgan fingerprint density at radius 3 is 2.65 bits per heavy atom. The van der Waals surface area contributed by atoms with Crippen molar-refractivity contribution in [2.75, 3.05) is 37.7 Å². The van der Waals surface area contributed by atoms with E-state index in [4.69, 9.17) is 0 Å². The molecule has 0 aromatic heterocycles. The summed E-state index contributed by atoms with van der Waals surface area (Å²) in [7, 11) is 0. The number of thioether (sulfide) groups is 1. The van der Waals surface area contributed by atoms with Crippen molar-refractivity contribution in [2.24, 2.45) is 5.41 Å². The molecule has 2 rings (SSSR count). The highest BCUT2D eigenvalue weighted by molar-refractivity contribution is 7.99. The number of aliphatic hydroxyl groups excluding tert-OH is 1. The molecule has 17 heavy (non-hydrogen) atoms. The second-order valence-corrected chi connectivity index (χ2v) is 6.42. The molecule has 2 N–H and O–H groups in total. The molecule has 1 unspecified atom stereocenters. The van der Waals surface area contributed by atoms with Crippen LogP contribution in [0.5, 0.6) is 0 Å². The Hall–Kier alpha value is -0.260. The Morgan fingerprint density at radius 1 is 1.47 bits per heavy atom. The highest BCUT2D eigenvalue weighted by Gasteiger charge is 2.42. The van der Waals surface area contributed by atoms with Crippen molar-refractivity contribution < 1.29 is 9.90 Å². The lowest BCUT2D eigenvalue weighted by Gasteiger charge is -2.31. The minimum atomic E-state index is -0.0367. The fourth-order valence-corrected chi connectivity index (χ4v) is 3.05. The van der Waals surface area contributed by atoms with Crippen LogP contribution < -0.4 is 5.32 Å². The van der Waals surface area contributed by atoms with Gasteiger partial charge in [-0.3, -0.25) is 9.69 Å². The largest absolute Gasteiger partial charge is 0.396 e. The summed E-state index contributed by atoms with van der Waals surface area (Å²) in [5, 5.41) is 12.2. The van der Waals surface area contributed by atoms with Gasteiger partial charge in [-0.1, -0.05) is 0 Å². The van der Waals surface area contributed by atoms with E-state index in [-0.39, 0.29) is 24.0 Å². The number of amides is 1. The third kappa shape index (κ3) is 3.36. The Labute approximate surface area is 107 Å². The van der Waals surface area contributed by atoms with E-state index in [0.717, 1.165) is 37.4 Å². The molecule has 2 aliphatic rings. The summed E-state index contributed by atoms with van der Waals surface area (Å²) >= 11 is 1.95. The van der Waals surface area contributed by atoms with Gasteiger partial charge in [0, 0.05) is 36.6 Å². The van der Waals surface area contributed by atoms with Crippen LogP contribution in [-0.2, 0) is 4.79 Å². The molecule has 1 aliphatic carbocycles. The van der Waals surface area contributed by atoms with Crippen LogP contribution in [0.4, 0.5) is 0 Å². The molecule has 1 saturated heterocycles. The van der Waals surface area contributed by atoms with E-state index < -0.39 is 0 Å². The lowest BCUT2D eigenvalue weighted by Crippen LogP contribution is -2.49. The number of rotatable bonds is 5. The van der Waals surface area contributed by atoms with E-state index in [9.17, 15) is 9.90 Å². The average molecular weight is 258 g/mol. The molecule has 0 bridgehead atoms. The minimum Gasteiger partial charge on any atom is -0.396 e. The van der Waals surface area contributed by atoms with Gasteiger partial charge in [-0.2, -0.15) is 11.8 Å². The number of hydrogen-bond donors (Lipinski definition) is 2. The third-order valence-corrected chi connectivity index (χ3v) is 4.85. The molecule has 1 aliphatic heterocycles. The van der Waals surface area contributed by atoms with Crippen LogP contribution in [0.2, 0.25) is 0 Å². The summed E-state index contributed by atoms with van der Waals surface area (Å²) in [6.45, 7) is 4.82. The molecule has 1 amide bonds. The van der Waals surface area contributed by atoms with E-state index in [1.54, 1.807) is 0 Å². The zero-order valence-corrected chi connectivity index (χ0v) is 11.3. The lowest BCUT2D eigenvalue weighted by molar-refractivity contribution is -0.126. The summed E-state index contributed by atoms with van der Waals surface area (Å²) < 4.78 is 0. The number of carbonyl (C=O) groups excluding carboxylic acids is 1. The van der Waals surface area contributed by atoms with Crippen molar-refractivity contribution >= 4 is 17.7 Å². The molecule has 1 heterocycles. The number of carbonyl (C=O) groups is 1. The van der Waals surface area contributed by atoms with E-state index in [0.29, 0.717) is 6.54 Å². The SMILES string of the molecule is CC(C(=O)NCC1(CO)CC1)N1CCSCC1. The topological polar surface area (TPSA) is 52.6 Å². The van der Waals surface area contributed by atoms with Gasteiger partial charge in [0.2, 0.25) is 5.91 Å². The van der Waals surface area contributed by atoms with Crippen LogP contribution in [0.25, 0.3) is 0 Å². The normalized spacial score (nSPS) is 25.3. The van der Waals surface area contributed by atoms with Crippen molar-refractivity contribution in [1.82, 2.24) is 10.2 Å². The molecular weight excluding hydrogens is 236 g/mol. The molecule has 5 heteroatoms. The average Bonchev–Trinajstić information content (AvgIpc) is 3.17. The van der Waals surface area contributed by atoms with Gasteiger partial charge in [0.15, 0.2) is 0 Å². The molecule has 4 nitrogen and oxygen atoms in total. The van der Waals surface area contributed by atoms with E-state index >= 15 is 0 Å². The molecule has 1 saturated carbocycles. The fourth-order valence-electron chi connectivity index (χ4n) is 2.12. The number of hydrogen-bond acceptors (Lipinski definition) is 4. The van der Waals surface area contributed by atoms with Gasteiger partial charge in [0.25, 0.3) is 0 Å². The summed E-state index contributed by atoms with van der Waals surface area (Å²) in [4.78, 5) is 14.2. The number of nitrogens with zero attached hydrogens (tertiary/aromatic N) is 1. The highest BCUT2D eigenvalue weighted by Crippen LogP contribution is 2.44. The Morgan fingerprint density at radius 2 is 2.12 bits per heavy atom. The van der Waals surface area contributed by atoms with E-state index in [2.05, 4.69) is 10.2 Å². The van der Waals surface area contributed by atoms with E-state index in [1.165, 1.54) is 0 Å². The Kier molecular flexibility index (Phi) is 4.33. The van der Waals surface area contributed by atoms with Crippen LogP contribution in [0.15, 0.2) is 0 Å². The second-order valence-electron chi connectivity index (χ2n) is 5.20. The summed E-state index contributed by atoms with van der Waals surface area (Å²) in [6.07, 6.45) is 2.08. The van der Waals surface area contributed by atoms with Crippen molar-refractivity contribution in [3.8, 4) is 0 Å². The van der Waals surface area contributed by atoms with Gasteiger partial charge in [-0.25, -0.2) is 0 Å². The van der Waals surface area contributed by atoms with Crippen LogP contribution in [0.3, 0.4) is 0 Å². The van der Waals surface area contributed by atoms with Crippen LogP contribution in [-0.4, -0.2) is 59.7 Å². The van der Waals surface area contributed by atoms with Crippen molar-refractivity contribution in [1.29, 1.82) is 0 Å². The monoisotopic (exact) mass is 258 g/mol. The smallest absolute Gasteiger partial charge is 0.237 e. The van der Waals surface area contributed by atoms with Gasteiger partial charge in [-0.15, -0.1) is 0 Å². The Bertz CT molecular complexity index is 276. The summed E-state index contributed by atoms with van der Waals surface area (Å²) in [6, 6.07) is -0.0367. The zero-order chi connectivity index (χ0) is 12.3. The highest BCUT2D eigenvalue weighted by atomic mass is 32.2. The molecular formula is C12H22N2O2S. The van der Waals surface area contributed by atoms with Gasteiger partial charge in [0.1, 0.15) is 0 Å². The summed E-state index contributed by atoms with van der Waals surface area (Å²) in [5.41, 5.74) is 0.00707. The second kappa shape index (κ2) is 5.59. The molecule has 0 aromatic carbocycles. The predicted octanol–water partition coefficient (Wildman–Crippen LogP) is 0.312. The first-order valence-electron chi connectivity index (χ1n) is 6.37. The van der Waals surface area contributed by atoms with Crippen LogP contribution in [0.1, 0.15) is 19.8 Å². The lowest BCUT2D eigenvalue weighted by atomic mass is 10.1. The molecule has 98 valence electrons. The molecule has 2 fully saturated rings. The predicted molar refractivity (Wildman–Crippen MR) is 70.1 cm³/mol. The number of nitrogens with one attached hydrogen (secondary N) is 1. The van der Waals surface area contributed by atoms with Crippen molar-refractivity contribution in [2.45, 2.75) is 25.8 Å². The Balaban J connectivity index is 1.74. The minimum absolute atomic E-state index is 0.00707. The standard InChI is InChI=1S/C12H22N2O2S/c1-10(14-4-6-17-7-5-14)11(16)13-8-12(9-15)2-3-12/h10,15H,2-9H2,1H3,(H,13,16). The molecule has 0 aromatic rings. The maximum Gasteiger partial charge on any atom is 0.237 e. The maximum absolute atomic E-state index is 12.0. The fraction of sp³-hybridized carbons (Fsp3) is 0.917. The molecule has 0 spiro atoms. The first kappa shape index (κ1) is 13.2. The van der Waals surface area contributed by atoms with Crippen molar-refractivity contribution in [3.63, 3.8) is 0 Å². The van der Waals surface area contributed by atoms with Gasteiger partial charge in [-0.05, 0) is 19.8 Å². The quantitative estimate of drug-likeness (QED) is 0.745. The maximum atomic E-state index is 12.0.